The quantitative estimate of drug-likeness (QED) is 0.771. The molecule has 0 amide bonds. The predicted molar refractivity (Wildman–Crippen MR) is 93.0 cm³/mol. The Kier molecular flexibility index (Phi) is 4.58. The van der Waals surface area contributed by atoms with Crippen LogP contribution in [0.1, 0.15) is 22.5 Å². The fourth-order valence-electron chi connectivity index (χ4n) is 3.30. The van der Waals surface area contributed by atoms with Crippen LogP contribution in [0, 0.1) is 6.92 Å². The summed E-state index contributed by atoms with van der Waals surface area (Å²) in [4.78, 5) is 2.16. The third-order valence-electron chi connectivity index (χ3n) is 4.48. The first-order valence-electron chi connectivity index (χ1n) is 7.72. The van der Waals surface area contributed by atoms with Crippen molar-refractivity contribution in [3.05, 3.63) is 65.2 Å². The van der Waals surface area contributed by atoms with E-state index in [4.69, 9.17) is 9.05 Å². The summed E-state index contributed by atoms with van der Waals surface area (Å²) < 4.78 is 24.0. The topological polar surface area (TPSA) is 38.8 Å². The Bertz CT molecular complexity index is 739. The van der Waals surface area contributed by atoms with Crippen LogP contribution in [0.4, 0.5) is 5.69 Å². The van der Waals surface area contributed by atoms with Crippen LogP contribution in [0.15, 0.2) is 48.5 Å². The molecular weight excluding hydrogens is 309 g/mol. The lowest BCUT2D eigenvalue weighted by molar-refractivity contribution is 0.263. The Morgan fingerprint density at radius 2 is 1.70 bits per heavy atom. The van der Waals surface area contributed by atoms with Gasteiger partial charge in [-0.05, 0) is 36.1 Å². The second-order valence-corrected chi connectivity index (χ2v) is 8.01. The molecule has 1 atom stereocenters. The minimum Gasteiger partial charge on any atom is -0.353 e. The molecule has 122 valence electrons. The molecule has 1 heterocycles. The smallest absolute Gasteiger partial charge is 0.353 e. The van der Waals surface area contributed by atoms with E-state index in [0.29, 0.717) is 0 Å². The van der Waals surface area contributed by atoms with Crippen molar-refractivity contribution < 1.29 is 13.6 Å². The van der Waals surface area contributed by atoms with E-state index in [9.17, 15) is 4.57 Å². The van der Waals surface area contributed by atoms with Crippen molar-refractivity contribution in [1.29, 1.82) is 0 Å². The van der Waals surface area contributed by atoms with Gasteiger partial charge in [-0.15, -0.1) is 0 Å². The van der Waals surface area contributed by atoms with Crippen LogP contribution in [0.25, 0.3) is 0 Å². The van der Waals surface area contributed by atoms with Crippen molar-refractivity contribution in [2.75, 3.05) is 25.7 Å². The predicted octanol–water partition coefficient (Wildman–Crippen LogP) is 4.54. The number of anilines is 1. The van der Waals surface area contributed by atoms with Gasteiger partial charge in [0.05, 0.1) is 0 Å². The lowest BCUT2D eigenvalue weighted by atomic mass is 9.98. The maximum absolute atomic E-state index is 13.3. The zero-order chi connectivity index (χ0) is 16.4. The Morgan fingerprint density at radius 1 is 1.04 bits per heavy atom. The molecule has 1 aliphatic heterocycles. The standard InChI is InChI=1S/C18H22NO3P/c1-14-8-4-7-11-17(14)19-13-12-15-9-5-6-10-16(15)18(19)23(20,21-2)22-3/h4-11,18H,12-13H2,1-3H3. The van der Waals surface area contributed by atoms with E-state index in [1.54, 1.807) is 0 Å². The second-order valence-electron chi connectivity index (χ2n) is 5.71. The van der Waals surface area contributed by atoms with Crippen LogP contribution in [-0.2, 0) is 20.0 Å². The van der Waals surface area contributed by atoms with Gasteiger partial charge in [0.25, 0.3) is 0 Å². The van der Waals surface area contributed by atoms with Gasteiger partial charge in [0.15, 0.2) is 5.78 Å². The van der Waals surface area contributed by atoms with Gasteiger partial charge in [-0.25, -0.2) is 0 Å². The van der Waals surface area contributed by atoms with Gasteiger partial charge in [0.1, 0.15) is 0 Å². The Morgan fingerprint density at radius 3 is 2.39 bits per heavy atom. The molecule has 0 saturated carbocycles. The van der Waals surface area contributed by atoms with Crippen LogP contribution in [0.2, 0.25) is 0 Å². The van der Waals surface area contributed by atoms with Crippen molar-refractivity contribution >= 4 is 13.3 Å². The molecule has 2 aromatic carbocycles. The minimum atomic E-state index is -3.30. The lowest BCUT2D eigenvalue weighted by Gasteiger charge is -2.41. The van der Waals surface area contributed by atoms with Gasteiger partial charge in [0, 0.05) is 26.5 Å². The van der Waals surface area contributed by atoms with Gasteiger partial charge >= 0.3 is 7.60 Å². The average molecular weight is 331 g/mol. The maximum atomic E-state index is 13.3. The minimum absolute atomic E-state index is 0.427. The molecule has 5 heteroatoms. The highest BCUT2D eigenvalue weighted by molar-refractivity contribution is 7.54. The molecule has 0 fully saturated rings. The van der Waals surface area contributed by atoms with Gasteiger partial charge in [-0.2, -0.15) is 0 Å². The molecule has 0 aromatic heterocycles. The van der Waals surface area contributed by atoms with Gasteiger partial charge in [-0.3, -0.25) is 4.57 Å². The largest absolute Gasteiger partial charge is 0.356 e. The van der Waals surface area contributed by atoms with Gasteiger partial charge in [0.2, 0.25) is 0 Å². The van der Waals surface area contributed by atoms with E-state index in [1.807, 2.05) is 30.3 Å². The highest BCUT2D eigenvalue weighted by Crippen LogP contribution is 2.63. The Labute approximate surface area is 137 Å². The molecule has 23 heavy (non-hydrogen) atoms. The number of para-hydroxylation sites is 1. The molecular formula is C18H22NO3P. The monoisotopic (exact) mass is 331 g/mol. The SMILES string of the molecule is COP(=O)(OC)C1c2ccccc2CCN1c1ccccc1C. The van der Waals surface area contributed by atoms with Crippen molar-refractivity contribution in [3.63, 3.8) is 0 Å². The third-order valence-corrected chi connectivity index (χ3v) is 6.66. The number of aryl methyl sites for hydroxylation is 1. The normalized spacial score (nSPS) is 17.9. The molecule has 0 saturated heterocycles. The van der Waals surface area contributed by atoms with E-state index in [2.05, 4.69) is 30.0 Å². The summed E-state index contributed by atoms with van der Waals surface area (Å²) >= 11 is 0. The van der Waals surface area contributed by atoms with Crippen molar-refractivity contribution in [2.24, 2.45) is 0 Å². The summed E-state index contributed by atoms with van der Waals surface area (Å²) in [5.74, 6) is -0.427. The Hall–Kier alpha value is -1.61. The summed E-state index contributed by atoms with van der Waals surface area (Å²) in [7, 11) is -0.393. The molecule has 0 radical (unpaired) electrons. The number of nitrogens with zero attached hydrogens (tertiary/aromatic N) is 1. The van der Waals surface area contributed by atoms with E-state index < -0.39 is 13.4 Å². The van der Waals surface area contributed by atoms with Crippen molar-refractivity contribution in [1.82, 2.24) is 0 Å². The van der Waals surface area contributed by atoms with Crippen molar-refractivity contribution in [3.8, 4) is 0 Å². The highest BCUT2D eigenvalue weighted by Gasteiger charge is 2.43. The molecule has 4 nitrogen and oxygen atoms in total. The summed E-state index contributed by atoms with van der Waals surface area (Å²) in [6.07, 6.45) is 0.911. The van der Waals surface area contributed by atoms with E-state index in [0.717, 1.165) is 29.8 Å². The first kappa shape index (κ1) is 16.3. The number of hydrogen-bond acceptors (Lipinski definition) is 4. The van der Waals surface area contributed by atoms with Gasteiger partial charge < -0.3 is 13.9 Å². The number of hydrogen-bond donors (Lipinski definition) is 0. The molecule has 1 aliphatic rings. The summed E-state index contributed by atoms with van der Waals surface area (Å²) in [6.45, 7) is 2.85. The highest BCUT2D eigenvalue weighted by atomic mass is 31.2. The fourth-order valence-corrected chi connectivity index (χ4v) is 5.02. The third kappa shape index (κ3) is 2.83. The molecule has 2 aromatic rings. The molecule has 1 unspecified atom stereocenters. The first-order valence-corrected chi connectivity index (χ1v) is 9.33. The summed E-state index contributed by atoms with van der Waals surface area (Å²) in [5.41, 5.74) is 4.45. The van der Waals surface area contributed by atoms with Crippen LogP contribution in [0.3, 0.4) is 0 Å². The number of fused-ring (bicyclic) bond motifs is 1. The van der Waals surface area contributed by atoms with E-state index in [-0.39, 0.29) is 0 Å². The summed E-state index contributed by atoms with van der Waals surface area (Å²) in [5, 5.41) is 0. The molecule has 0 N–H and O–H groups in total. The van der Waals surface area contributed by atoms with Crippen LogP contribution in [-0.4, -0.2) is 20.8 Å². The van der Waals surface area contributed by atoms with Gasteiger partial charge in [-0.1, -0.05) is 42.5 Å². The zero-order valence-electron chi connectivity index (χ0n) is 13.7. The van der Waals surface area contributed by atoms with Crippen molar-refractivity contribution in [2.45, 2.75) is 19.1 Å². The maximum Gasteiger partial charge on any atom is 0.356 e. The fraction of sp³-hybridized carbons (Fsp3) is 0.333. The first-order chi connectivity index (χ1) is 11.1. The average Bonchev–Trinajstić information content (AvgIpc) is 2.60. The van der Waals surface area contributed by atoms with E-state index >= 15 is 0 Å². The molecule has 0 bridgehead atoms. The Balaban J connectivity index is 2.17. The second kappa shape index (κ2) is 6.48. The van der Waals surface area contributed by atoms with Crippen LogP contribution in [0.5, 0.6) is 0 Å². The summed E-state index contributed by atoms with van der Waals surface area (Å²) in [6, 6.07) is 16.3. The zero-order valence-corrected chi connectivity index (χ0v) is 14.6. The molecule has 0 spiro atoms. The van der Waals surface area contributed by atoms with Crippen LogP contribution >= 0.6 is 7.60 Å². The number of rotatable bonds is 4. The molecule has 0 aliphatic carbocycles. The number of benzene rings is 2. The van der Waals surface area contributed by atoms with Crippen LogP contribution < -0.4 is 4.90 Å². The molecule has 3 rings (SSSR count). The lowest BCUT2D eigenvalue weighted by Crippen LogP contribution is -2.36. The van der Waals surface area contributed by atoms with E-state index in [1.165, 1.54) is 19.8 Å².